The minimum absolute atomic E-state index is 0.155. The van der Waals surface area contributed by atoms with Gasteiger partial charge in [-0.05, 0) is 19.1 Å². The fraction of sp³-hybridized carbons (Fsp3) is 0.0556. The summed E-state index contributed by atoms with van der Waals surface area (Å²) in [6.07, 6.45) is 4.36. The molecule has 138 valence electrons. The Labute approximate surface area is 154 Å². The predicted octanol–water partition coefficient (Wildman–Crippen LogP) is 1.59. The molecule has 0 unspecified atom stereocenters. The third kappa shape index (κ3) is 5.23. The first kappa shape index (κ1) is 19.3. The lowest BCUT2D eigenvalue weighted by atomic mass is 10.2. The van der Waals surface area contributed by atoms with Crippen molar-refractivity contribution in [2.24, 2.45) is 5.73 Å². The van der Waals surface area contributed by atoms with Gasteiger partial charge in [-0.2, -0.15) is 0 Å². The highest BCUT2D eigenvalue weighted by molar-refractivity contribution is 5.69. The molecule has 2 aromatic rings. The summed E-state index contributed by atoms with van der Waals surface area (Å²) >= 11 is 0. The zero-order chi connectivity index (χ0) is 19.6. The second kappa shape index (κ2) is 9.47. The van der Waals surface area contributed by atoms with Gasteiger partial charge in [0.1, 0.15) is 17.3 Å². The van der Waals surface area contributed by atoms with Crippen molar-refractivity contribution in [3.8, 4) is 22.9 Å². The van der Waals surface area contributed by atoms with Gasteiger partial charge in [-0.3, -0.25) is 19.4 Å². The molecule has 0 fully saturated rings. The van der Waals surface area contributed by atoms with Crippen LogP contribution in [0.3, 0.4) is 0 Å². The quantitative estimate of drug-likeness (QED) is 0.397. The molecule has 0 saturated heterocycles. The molecule has 9 nitrogen and oxygen atoms in total. The summed E-state index contributed by atoms with van der Waals surface area (Å²) in [4.78, 5) is 40.3. The van der Waals surface area contributed by atoms with Crippen LogP contribution in [0.5, 0.6) is 11.5 Å². The van der Waals surface area contributed by atoms with E-state index in [0.29, 0.717) is 11.4 Å². The third-order valence-electron chi connectivity index (χ3n) is 3.22. The number of nitrogens with zero attached hydrogens (tertiary/aromatic N) is 2. The van der Waals surface area contributed by atoms with Crippen molar-refractivity contribution in [1.29, 1.82) is 0 Å². The standard InChI is InChI=1S/C18H15N3O6/c1-2-12(25-9-22)5-15(19)16-7-14(27-11-24)8-18(21-16)17-6-13(26-10-23)3-4-20-17/h2-11H,19H2,1H3/b12-2+,15-5-. The van der Waals surface area contributed by atoms with Gasteiger partial charge in [0.2, 0.25) is 0 Å². The highest BCUT2D eigenvalue weighted by atomic mass is 16.5. The van der Waals surface area contributed by atoms with Gasteiger partial charge in [0, 0.05) is 30.5 Å². The Bertz CT molecular complexity index is 908. The number of hydrogen-bond acceptors (Lipinski definition) is 9. The first-order valence-corrected chi connectivity index (χ1v) is 7.54. The van der Waals surface area contributed by atoms with E-state index in [1.54, 1.807) is 6.92 Å². The van der Waals surface area contributed by atoms with Gasteiger partial charge in [0.25, 0.3) is 19.4 Å². The molecule has 2 aromatic heterocycles. The number of hydrogen-bond donors (Lipinski definition) is 1. The molecular formula is C18H15N3O6. The Balaban J connectivity index is 2.52. The highest BCUT2D eigenvalue weighted by Crippen LogP contribution is 2.26. The number of carbonyl (C=O) groups is 3. The molecule has 0 aromatic carbocycles. The Morgan fingerprint density at radius 2 is 1.70 bits per heavy atom. The van der Waals surface area contributed by atoms with Crippen LogP contribution in [0.1, 0.15) is 12.6 Å². The van der Waals surface area contributed by atoms with Crippen LogP contribution in [0.25, 0.3) is 17.1 Å². The molecule has 0 amide bonds. The monoisotopic (exact) mass is 369 g/mol. The van der Waals surface area contributed by atoms with E-state index >= 15 is 0 Å². The average molecular weight is 369 g/mol. The van der Waals surface area contributed by atoms with Gasteiger partial charge < -0.3 is 19.9 Å². The Hall–Kier alpha value is -4.01. The molecule has 9 heteroatoms. The van der Waals surface area contributed by atoms with Crippen molar-refractivity contribution in [2.75, 3.05) is 0 Å². The van der Waals surface area contributed by atoms with E-state index in [1.165, 1.54) is 42.6 Å². The van der Waals surface area contributed by atoms with Gasteiger partial charge in [-0.25, -0.2) is 4.98 Å². The maximum atomic E-state index is 10.7. The zero-order valence-corrected chi connectivity index (χ0v) is 14.2. The molecule has 0 spiro atoms. The Morgan fingerprint density at radius 3 is 2.37 bits per heavy atom. The highest BCUT2D eigenvalue weighted by Gasteiger charge is 2.11. The zero-order valence-electron chi connectivity index (χ0n) is 14.2. The fourth-order valence-electron chi connectivity index (χ4n) is 2.06. The van der Waals surface area contributed by atoms with E-state index < -0.39 is 0 Å². The number of ether oxygens (including phenoxy) is 3. The fourth-order valence-corrected chi connectivity index (χ4v) is 2.06. The second-order valence-electron chi connectivity index (χ2n) is 4.88. The number of aromatic nitrogens is 2. The van der Waals surface area contributed by atoms with E-state index in [1.807, 2.05) is 0 Å². The number of carbonyl (C=O) groups excluding carboxylic acids is 3. The maximum Gasteiger partial charge on any atom is 0.298 e. The molecule has 0 radical (unpaired) electrons. The number of rotatable bonds is 9. The first-order valence-electron chi connectivity index (χ1n) is 7.54. The molecular weight excluding hydrogens is 354 g/mol. The summed E-state index contributed by atoms with van der Waals surface area (Å²) in [7, 11) is 0. The Morgan fingerprint density at radius 1 is 1.00 bits per heavy atom. The largest absolute Gasteiger partial charge is 0.429 e. The predicted molar refractivity (Wildman–Crippen MR) is 93.9 cm³/mol. The van der Waals surface area contributed by atoms with Crippen molar-refractivity contribution >= 4 is 25.1 Å². The Kier molecular flexibility index (Phi) is 6.77. The molecule has 2 rings (SSSR count). The van der Waals surface area contributed by atoms with Crippen LogP contribution in [0.4, 0.5) is 0 Å². The lowest BCUT2D eigenvalue weighted by Crippen LogP contribution is -2.04. The molecule has 0 saturated carbocycles. The van der Waals surface area contributed by atoms with Crippen molar-refractivity contribution in [1.82, 2.24) is 9.97 Å². The maximum absolute atomic E-state index is 10.7. The number of pyridine rings is 2. The number of nitrogens with two attached hydrogens (primary N) is 1. The molecule has 27 heavy (non-hydrogen) atoms. The topological polar surface area (TPSA) is 131 Å². The summed E-state index contributed by atoms with van der Waals surface area (Å²) in [5.41, 5.74) is 7.10. The summed E-state index contributed by atoms with van der Waals surface area (Å²) < 4.78 is 14.4. The molecule has 0 aliphatic rings. The molecule has 0 bridgehead atoms. The molecule has 2 heterocycles. The lowest BCUT2D eigenvalue weighted by Gasteiger charge is -2.09. The normalized spacial score (nSPS) is 11.4. The first-order chi connectivity index (χ1) is 13.1. The van der Waals surface area contributed by atoms with E-state index in [2.05, 4.69) is 9.97 Å². The van der Waals surface area contributed by atoms with E-state index in [4.69, 9.17) is 19.9 Å². The minimum atomic E-state index is 0.155. The van der Waals surface area contributed by atoms with Gasteiger partial charge in [0.15, 0.2) is 0 Å². The van der Waals surface area contributed by atoms with Crippen LogP contribution in [0, 0.1) is 0 Å². The van der Waals surface area contributed by atoms with Crippen LogP contribution in [-0.2, 0) is 19.1 Å². The van der Waals surface area contributed by atoms with Gasteiger partial charge >= 0.3 is 0 Å². The average Bonchev–Trinajstić information content (AvgIpc) is 2.68. The number of allylic oxidation sites excluding steroid dienone is 2. The smallest absolute Gasteiger partial charge is 0.298 e. The van der Waals surface area contributed by atoms with E-state index in [-0.39, 0.29) is 48.1 Å². The van der Waals surface area contributed by atoms with Crippen LogP contribution in [-0.4, -0.2) is 29.4 Å². The van der Waals surface area contributed by atoms with Crippen molar-refractivity contribution in [3.05, 3.63) is 54.1 Å². The molecule has 0 atom stereocenters. The third-order valence-corrected chi connectivity index (χ3v) is 3.22. The van der Waals surface area contributed by atoms with Crippen LogP contribution in [0.2, 0.25) is 0 Å². The molecule has 0 aliphatic heterocycles. The summed E-state index contributed by atoms with van der Waals surface area (Å²) in [6.45, 7) is 2.48. The summed E-state index contributed by atoms with van der Waals surface area (Å²) in [5, 5.41) is 0. The van der Waals surface area contributed by atoms with Crippen LogP contribution >= 0.6 is 0 Å². The van der Waals surface area contributed by atoms with Crippen molar-refractivity contribution in [2.45, 2.75) is 6.92 Å². The van der Waals surface area contributed by atoms with E-state index in [0.717, 1.165) is 0 Å². The van der Waals surface area contributed by atoms with Gasteiger partial charge in [-0.15, -0.1) is 0 Å². The van der Waals surface area contributed by atoms with Crippen molar-refractivity contribution in [3.63, 3.8) is 0 Å². The minimum Gasteiger partial charge on any atom is -0.429 e. The van der Waals surface area contributed by atoms with Crippen molar-refractivity contribution < 1.29 is 28.6 Å². The lowest BCUT2D eigenvalue weighted by molar-refractivity contribution is -0.124. The van der Waals surface area contributed by atoms with Gasteiger partial charge in [0.05, 0.1) is 22.8 Å². The van der Waals surface area contributed by atoms with Crippen LogP contribution < -0.4 is 15.2 Å². The van der Waals surface area contributed by atoms with Gasteiger partial charge in [-0.1, -0.05) is 0 Å². The summed E-state index contributed by atoms with van der Waals surface area (Å²) in [5.74, 6) is 0.648. The molecule has 2 N–H and O–H groups in total. The summed E-state index contributed by atoms with van der Waals surface area (Å²) in [6, 6.07) is 5.88. The van der Waals surface area contributed by atoms with Crippen LogP contribution in [0.15, 0.2) is 48.4 Å². The molecule has 0 aliphatic carbocycles. The van der Waals surface area contributed by atoms with E-state index in [9.17, 15) is 14.4 Å². The SMILES string of the molecule is C/C=C(\C=C(/N)c1cc(OC=O)cc(-c2cc(OC=O)ccn2)n1)OC=O. The second-order valence-corrected chi connectivity index (χ2v) is 4.88.